The molecule has 1 aromatic rings. The van der Waals surface area contributed by atoms with Crippen LogP contribution in [0.2, 0.25) is 0 Å². The van der Waals surface area contributed by atoms with E-state index in [9.17, 15) is 5.11 Å². The first-order valence-corrected chi connectivity index (χ1v) is 5.64. The van der Waals surface area contributed by atoms with Crippen LogP contribution in [0.1, 0.15) is 36.6 Å². The minimum atomic E-state index is -0.499. The lowest BCUT2D eigenvalue weighted by Gasteiger charge is -2.30. The zero-order valence-corrected chi connectivity index (χ0v) is 10.1. The molecule has 1 rings (SSSR count). The molecule has 0 aliphatic carbocycles. The van der Waals surface area contributed by atoms with Crippen LogP contribution in [0.5, 0.6) is 0 Å². The Morgan fingerprint density at radius 1 is 1.36 bits per heavy atom. The van der Waals surface area contributed by atoms with Gasteiger partial charge in [0.25, 0.3) is 0 Å². The van der Waals surface area contributed by atoms with Crippen LogP contribution in [0.3, 0.4) is 0 Å². The van der Waals surface area contributed by atoms with Crippen molar-refractivity contribution in [2.24, 2.45) is 11.1 Å². The highest BCUT2D eigenvalue weighted by atomic mass is 32.1. The van der Waals surface area contributed by atoms with Gasteiger partial charge in [-0.15, -0.1) is 11.3 Å². The number of thiophene rings is 1. The Labute approximate surface area is 89.8 Å². The van der Waals surface area contributed by atoms with E-state index in [4.69, 9.17) is 5.73 Å². The molecule has 0 bridgehead atoms. The average molecular weight is 213 g/mol. The lowest BCUT2D eigenvalue weighted by molar-refractivity contribution is 0.0410. The normalized spacial score (nSPS) is 16.7. The van der Waals surface area contributed by atoms with Crippen molar-refractivity contribution in [3.05, 3.63) is 21.9 Å². The average Bonchev–Trinajstić information content (AvgIpc) is 2.47. The van der Waals surface area contributed by atoms with Crippen molar-refractivity contribution in [1.29, 1.82) is 0 Å². The second kappa shape index (κ2) is 4.01. The highest BCUT2D eigenvalue weighted by Crippen LogP contribution is 2.31. The highest BCUT2D eigenvalue weighted by Gasteiger charge is 2.29. The maximum Gasteiger partial charge on any atom is 0.0788 e. The zero-order chi connectivity index (χ0) is 10.9. The van der Waals surface area contributed by atoms with Gasteiger partial charge in [0.1, 0.15) is 0 Å². The summed E-state index contributed by atoms with van der Waals surface area (Å²) in [4.78, 5) is 2.29. The predicted molar refractivity (Wildman–Crippen MR) is 61.4 cm³/mol. The molecule has 14 heavy (non-hydrogen) atoms. The summed E-state index contributed by atoms with van der Waals surface area (Å²) < 4.78 is 0. The van der Waals surface area contributed by atoms with Crippen molar-refractivity contribution in [3.63, 3.8) is 0 Å². The van der Waals surface area contributed by atoms with Gasteiger partial charge in [-0.05, 0) is 24.5 Å². The Morgan fingerprint density at radius 3 is 2.29 bits per heavy atom. The zero-order valence-electron chi connectivity index (χ0n) is 9.24. The van der Waals surface area contributed by atoms with Gasteiger partial charge < -0.3 is 10.8 Å². The van der Waals surface area contributed by atoms with Crippen molar-refractivity contribution >= 4 is 11.3 Å². The van der Waals surface area contributed by atoms with E-state index in [1.165, 1.54) is 4.88 Å². The molecule has 3 N–H and O–H groups in total. The van der Waals surface area contributed by atoms with Gasteiger partial charge in [0.2, 0.25) is 0 Å². The predicted octanol–water partition coefficient (Wildman–Crippen LogP) is 2.46. The van der Waals surface area contributed by atoms with Gasteiger partial charge in [0, 0.05) is 9.75 Å². The summed E-state index contributed by atoms with van der Waals surface area (Å²) in [6.07, 6.45) is -0.499. The van der Waals surface area contributed by atoms with E-state index >= 15 is 0 Å². The molecule has 0 spiro atoms. The molecule has 0 amide bonds. The maximum absolute atomic E-state index is 10.00. The fourth-order valence-electron chi connectivity index (χ4n) is 1.33. The number of aliphatic hydroxyl groups is 1. The monoisotopic (exact) mass is 213 g/mol. The molecule has 2 atom stereocenters. The third kappa shape index (κ3) is 2.56. The van der Waals surface area contributed by atoms with E-state index in [0.29, 0.717) is 0 Å². The number of rotatable bonds is 2. The summed E-state index contributed by atoms with van der Waals surface area (Å²) in [7, 11) is 0. The smallest absolute Gasteiger partial charge is 0.0788 e. The molecular formula is C11H19NOS. The van der Waals surface area contributed by atoms with Gasteiger partial charge in [-0.3, -0.25) is 0 Å². The van der Waals surface area contributed by atoms with Crippen LogP contribution in [0.15, 0.2) is 12.1 Å². The number of nitrogens with two attached hydrogens (primary N) is 1. The van der Waals surface area contributed by atoms with Crippen molar-refractivity contribution < 1.29 is 5.11 Å². The van der Waals surface area contributed by atoms with Crippen LogP contribution < -0.4 is 5.73 Å². The van der Waals surface area contributed by atoms with E-state index in [2.05, 4.69) is 0 Å². The molecule has 0 aromatic carbocycles. The summed E-state index contributed by atoms with van der Waals surface area (Å²) in [5.41, 5.74) is 5.83. The summed E-state index contributed by atoms with van der Waals surface area (Å²) in [5, 5.41) is 10.00. The van der Waals surface area contributed by atoms with Crippen molar-refractivity contribution in [2.75, 3.05) is 0 Å². The van der Waals surface area contributed by atoms with Gasteiger partial charge in [-0.1, -0.05) is 20.8 Å². The molecule has 1 aromatic heterocycles. The Hall–Kier alpha value is -0.380. The Morgan fingerprint density at radius 2 is 1.93 bits per heavy atom. The van der Waals surface area contributed by atoms with Gasteiger partial charge in [-0.25, -0.2) is 0 Å². The van der Waals surface area contributed by atoms with E-state index in [1.807, 2.05) is 39.8 Å². The first-order valence-electron chi connectivity index (χ1n) is 4.82. The molecule has 0 radical (unpaired) electrons. The molecule has 2 nitrogen and oxygen atoms in total. The fourth-order valence-corrected chi connectivity index (χ4v) is 2.24. The SMILES string of the molecule is Cc1ccc(C(N)C(O)C(C)(C)C)s1. The van der Waals surface area contributed by atoms with Crippen molar-refractivity contribution in [1.82, 2.24) is 0 Å². The molecule has 0 saturated carbocycles. The van der Waals surface area contributed by atoms with E-state index < -0.39 is 6.10 Å². The van der Waals surface area contributed by atoms with Gasteiger partial charge >= 0.3 is 0 Å². The molecule has 0 saturated heterocycles. The second-order valence-electron chi connectivity index (χ2n) is 4.79. The van der Waals surface area contributed by atoms with Crippen LogP contribution in [0, 0.1) is 12.3 Å². The molecule has 80 valence electrons. The van der Waals surface area contributed by atoms with Crippen LogP contribution in [0.4, 0.5) is 0 Å². The minimum absolute atomic E-state index is 0.169. The number of aliphatic hydroxyl groups excluding tert-OH is 1. The molecule has 0 aliphatic heterocycles. The molecule has 1 heterocycles. The summed E-state index contributed by atoms with van der Waals surface area (Å²) in [6, 6.07) is 3.77. The Bertz CT molecular complexity index is 300. The van der Waals surface area contributed by atoms with Crippen LogP contribution in [-0.2, 0) is 0 Å². The second-order valence-corrected chi connectivity index (χ2v) is 6.10. The first-order chi connectivity index (χ1) is 6.32. The minimum Gasteiger partial charge on any atom is -0.391 e. The first kappa shape index (κ1) is 11.7. The molecule has 0 aliphatic rings. The van der Waals surface area contributed by atoms with Gasteiger partial charge in [0.05, 0.1) is 12.1 Å². The quantitative estimate of drug-likeness (QED) is 0.792. The number of hydrogen-bond acceptors (Lipinski definition) is 3. The Kier molecular flexibility index (Phi) is 3.35. The Balaban J connectivity index is 2.80. The third-order valence-electron chi connectivity index (χ3n) is 2.32. The van der Waals surface area contributed by atoms with E-state index in [0.717, 1.165) is 4.88 Å². The summed E-state index contributed by atoms with van der Waals surface area (Å²) >= 11 is 1.66. The lowest BCUT2D eigenvalue weighted by Crippen LogP contribution is -2.36. The van der Waals surface area contributed by atoms with Gasteiger partial charge in [-0.2, -0.15) is 0 Å². The standard InChI is InChI=1S/C11H19NOS/c1-7-5-6-8(14-7)9(12)10(13)11(2,3)4/h5-6,9-10,13H,12H2,1-4H3. The van der Waals surface area contributed by atoms with Crippen LogP contribution in [-0.4, -0.2) is 11.2 Å². The molecule has 2 unspecified atom stereocenters. The van der Waals surface area contributed by atoms with Crippen molar-refractivity contribution in [2.45, 2.75) is 39.8 Å². The molecule has 3 heteroatoms. The number of hydrogen-bond donors (Lipinski definition) is 2. The summed E-state index contributed by atoms with van der Waals surface area (Å²) in [6.45, 7) is 8.04. The van der Waals surface area contributed by atoms with Crippen LogP contribution in [0.25, 0.3) is 0 Å². The summed E-state index contributed by atoms with van der Waals surface area (Å²) in [5.74, 6) is 0. The molecular weight excluding hydrogens is 194 g/mol. The van der Waals surface area contributed by atoms with Crippen LogP contribution >= 0.6 is 11.3 Å². The van der Waals surface area contributed by atoms with E-state index in [-0.39, 0.29) is 11.5 Å². The van der Waals surface area contributed by atoms with Crippen molar-refractivity contribution in [3.8, 4) is 0 Å². The maximum atomic E-state index is 10.00. The highest BCUT2D eigenvalue weighted by molar-refractivity contribution is 7.12. The number of aryl methyl sites for hydroxylation is 1. The molecule has 0 fully saturated rings. The van der Waals surface area contributed by atoms with Gasteiger partial charge in [0.15, 0.2) is 0 Å². The lowest BCUT2D eigenvalue weighted by atomic mass is 9.84. The fraction of sp³-hybridized carbons (Fsp3) is 0.636. The third-order valence-corrected chi connectivity index (χ3v) is 3.42. The topological polar surface area (TPSA) is 46.2 Å². The van der Waals surface area contributed by atoms with E-state index in [1.54, 1.807) is 11.3 Å². The largest absolute Gasteiger partial charge is 0.391 e.